The highest BCUT2D eigenvalue weighted by atomic mass is 35.5. The number of hydrogen-bond acceptors (Lipinski definition) is 3. The molecule has 0 aromatic carbocycles. The minimum absolute atomic E-state index is 0.0681. The summed E-state index contributed by atoms with van der Waals surface area (Å²) in [6, 6.07) is 1.55. The second-order valence-corrected chi connectivity index (χ2v) is 4.03. The third-order valence-corrected chi connectivity index (χ3v) is 2.83. The summed E-state index contributed by atoms with van der Waals surface area (Å²) in [6.07, 6.45) is 5.30. The van der Waals surface area contributed by atoms with Crippen molar-refractivity contribution in [3.8, 4) is 0 Å². The van der Waals surface area contributed by atoms with Gasteiger partial charge in [0.2, 0.25) is 5.43 Å². The lowest BCUT2D eigenvalue weighted by atomic mass is 10.2. The lowest BCUT2D eigenvalue weighted by Gasteiger charge is -2.27. The number of fused-ring (bicyclic) bond motifs is 3. The van der Waals surface area contributed by atoms with Gasteiger partial charge in [0.15, 0.2) is 5.69 Å². The number of rotatable bonds is 0. The molecule has 1 N–H and O–H groups in total. The van der Waals surface area contributed by atoms with E-state index in [2.05, 4.69) is 9.98 Å². The van der Waals surface area contributed by atoms with Crippen LogP contribution in [-0.4, -0.2) is 23.8 Å². The van der Waals surface area contributed by atoms with Crippen LogP contribution in [0.2, 0.25) is 0 Å². The van der Waals surface area contributed by atoms with Crippen molar-refractivity contribution in [2.45, 2.75) is 6.04 Å². The molecule has 0 radical (unpaired) electrons. The molecule has 2 aliphatic heterocycles. The molecular formula is C10H8ClN3O. The quantitative estimate of drug-likeness (QED) is 0.720. The van der Waals surface area contributed by atoms with Crippen molar-refractivity contribution >= 4 is 29.3 Å². The summed E-state index contributed by atoms with van der Waals surface area (Å²) in [7, 11) is 0. The van der Waals surface area contributed by atoms with E-state index in [0.717, 1.165) is 10.9 Å². The Morgan fingerprint density at radius 2 is 2.47 bits per heavy atom. The van der Waals surface area contributed by atoms with Gasteiger partial charge in [0.25, 0.3) is 0 Å². The molecule has 0 spiro atoms. The van der Waals surface area contributed by atoms with Crippen LogP contribution in [0.5, 0.6) is 0 Å². The van der Waals surface area contributed by atoms with Gasteiger partial charge in [-0.15, -0.1) is 0 Å². The van der Waals surface area contributed by atoms with Crippen LogP contribution in [0.1, 0.15) is 0 Å². The Bertz CT molecular complexity index is 532. The van der Waals surface area contributed by atoms with E-state index >= 15 is 0 Å². The van der Waals surface area contributed by atoms with Crippen molar-refractivity contribution in [1.82, 2.24) is 4.98 Å². The average molecular weight is 222 g/mol. The number of nitrogens with zero attached hydrogens (tertiary/aromatic N) is 2. The first-order valence-electron chi connectivity index (χ1n) is 4.64. The fourth-order valence-corrected chi connectivity index (χ4v) is 2.16. The molecule has 0 fully saturated rings. The van der Waals surface area contributed by atoms with Gasteiger partial charge in [-0.1, -0.05) is 11.6 Å². The number of anilines is 1. The molecule has 0 saturated heterocycles. The zero-order chi connectivity index (χ0) is 10.4. The zero-order valence-electron chi connectivity index (χ0n) is 7.77. The Kier molecular flexibility index (Phi) is 1.73. The molecule has 1 aromatic heterocycles. The minimum atomic E-state index is -0.0681. The molecule has 3 heterocycles. The van der Waals surface area contributed by atoms with Gasteiger partial charge in [0.1, 0.15) is 5.82 Å². The highest BCUT2D eigenvalue weighted by Crippen LogP contribution is 2.32. The molecule has 1 unspecified atom stereocenters. The van der Waals surface area contributed by atoms with E-state index in [-0.39, 0.29) is 11.5 Å². The van der Waals surface area contributed by atoms with Crippen LogP contribution in [0.4, 0.5) is 11.5 Å². The average Bonchev–Trinajstić information content (AvgIpc) is 2.59. The van der Waals surface area contributed by atoms with E-state index in [9.17, 15) is 4.79 Å². The smallest absolute Gasteiger partial charge is 0.209 e. The van der Waals surface area contributed by atoms with Gasteiger partial charge >= 0.3 is 0 Å². The van der Waals surface area contributed by atoms with Crippen LogP contribution < -0.4 is 10.3 Å². The number of aromatic amines is 1. The van der Waals surface area contributed by atoms with Crippen LogP contribution in [0.15, 0.2) is 33.2 Å². The predicted molar refractivity (Wildman–Crippen MR) is 60.3 cm³/mol. The summed E-state index contributed by atoms with van der Waals surface area (Å²) in [4.78, 5) is 20.7. The topological polar surface area (TPSA) is 48.5 Å². The van der Waals surface area contributed by atoms with Crippen LogP contribution in [-0.2, 0) is 0 Å². The van der Waals surface area contributed by atoms with Gasteiger partial charge in [-0.3, -0.25) is 9.79 Å². The van der Waals surface area contributed by atoms with E-state index in [4.69, 9.17) is 11.6 Å². The third-order valence-electron chi connectivity index (χ3n) is 2.59. The van der Waals surface area contributed by atoms with Gasteiger partial charge in [0, 0.05) is 23.5 Å². The van der Waals surface area contributed by atoms with Crippen LogP contribution in [0.3, 0.4) is 0 Å². The van der Waals surface area contributed by atoms with E-state index in [0.29, 0.717) is 12.2 Å². The normalized spacial score (nSPS) is 22.3. The second-order valence-electron chi connectivity index (χ2n) is 3.55. The van der Waals surface area contributed by atoms with Gasteiger partial charge in [0.05, 0.1) is 12.6 Å². The summed E-state index contributed by atoms with van der Waals surface area (Å²) >= 11 is 5.96. The predicted octanol–water partition coefficient (Wildman–Crippen LogP) is 1.40. The molecule has 5 heteroatoms. The van der Waals surface area contributed by atoms with Crippen LogP contribution >= 0.6 is 11.6 Å². The fraction of sp³-hybridized carbons (Fsp3) is 0.200. The number of hydrogen-bond donors (Lipinski definition) is 1. The summed E-state index contributed by atoms with van der Waals surface area (Å²) in [5.41, 5.74) is 0.398. The molecule has 2 aliphatic rings. The number of nitrogens with one attached hydrogen (secondary N) is 1. The highest BCUT2D eigenvalue weighted by Gasteiger charge is 2.29. The molecule has 0 aliphatic carbocycles. The molecule has 1 aromatic rings. The first kappa shape index (κ1) is 8.73. The standard InChI is InChI=1S/C10H8ClN3O/c11-6-3-7-4-13-9-8(15)1-2-12-10(9)14(7)5-6/h1-4,7H,5H2,(H,12,15). The second kappa shape index (κ2) is 2.97. The molecule has 1 atom stereocenters. The zero-order valence-corrected chi connectivity index (χ0v) is 8.53. The van der Waals surface area contributed by atoms with Crippen molar-refractivity contribution in [1.29, 1.82) is 0 Å². The van der Waals surface area contributed by atoms with Crippen molar-refractivity contribution in [3.63, 3.8) is 0 Å². The van der Waals surface area contributed by atoms with Crippen LogP contribution in [0, 0.1) is 0 Å². The molecule has 0 amide bonds. The fourth-order valence-electron chi connectivity index (χ4n) is 1.90. The molecular weight excluding hydrogens is 214 g/mol. The van der Waals surface area contributed by atoms with E-state index in [1.54, 1.807) is 12.4 Å². The van der Waals surface area contributed by atoms with Gasteiger partial charge in [-0.05, 0) is 6.08 Å². The molecule has 0 bridgehead atoms. The number of aromatic nitrogens is 1. The Balaban J connectivity index is 2.18. The SMILES string of the molecule is O=c1cc[nH]c2c1N=CC1C=C(Cl)CN21. The Morgan fingerprint density at radius 1 is 1.60 bits per heavy atom. The maximum atomic E-state index is 11.5. The van der Waals surface area contributed by atoms with Gasteiger partial charge in [-0.25, -0.2) is 0 Å². The maximum absolute atomic E-state index is 11.5. The Labute approximate surface area is 90.9 Å². The Morgan fingerprint density at radius 3 is 3.33 bits per heavy atom. The molecule has 0 saturated carbocycles. The highest BCUT2D eigenvalue weighted by molar-refractivity contribution is 6.30. The molecule has 15 heavy (non-hydrogen) atoms. The Hall–Kier alpha value is -1.55. The van der Waals surface area contributed by atoms with E-state index < -0.39 is 0 Å². The lowest BCUT2D eigenvalue weighted by molar-refractivity contribution is 0.888. The summed E-state index contributed by atoms with van der Waals surface area (Å²) < 4.78 is 0. The van der Waals surface area contributed by atoms with E-state index in [1.165, 1.54) is 6.07 Å². The number of aliphatic imine (C=N–C) groups is 1. The van der Waals surface area contributed by atoms with Crippen molar-refractivity contribution in [2.24, 2.45) is 4.99 Å². The maximum Gasteiger partial charge on any atom is 0.209 e. The largest absolute Gasteiger partial charge is 0.346 e. The number of pyridine rings is 1. The monoisotopic (exact) mass is 221 g/mol. The van der Waals surface area contributed by atoms with Crippen molar-refractivity contribution in [3.05, 3.63) is 33.6 Å². The van der Waals surface area contributed by atoms with Gasteiger partial charge in [-0.2, -0.15) is 0 Å². The molecule has 76 valence electrons. The van der Waals surface area contributed by atoms with Gasteiger partial charge < -0.3 is 9.88 Å². The van der Waals surface area contributed by atoms with Crippen LogP contribution in [0.25, 0.3) is 0 Å². The number of H-pyrrole nitrogens is 1. The first-order valence-corrected chi connectivity index (χ1v) is 5.02. The third kappa shape index (κ3) is 1.22. The van der Waals surface area contributed by atoms with E-state index in [1.807, 2.05) is 11.0 Å². The number of halogens is 1. The summed E-state index contributed by atoms with van der Waals surface area (Å²) in [5.74, 6) is 0.752. The summed E-state index contributed by atoms with van der Waals surface area (Å²) in [5, 5.41) is 0.781. The first-order chi connectivity index (χ1) is 7.25. The van der Waals surface area contributed by atoms with Crippen molar-refractivity contribution < 1.29 is 0 Å². The van der Waals surface area contributed by atoms with Crippen molar-refractivity contribution in [2.75, 3.05) is 11.4 Å². The lowest BCUT2D eigenvalue weighted by Crippen LogP contribution is -2.35. The molecule has 3 rings (SSSR count). The summed E-state index contributed by atoms with van der Waals surface area (Å²) in [6.45, 7) is 0.630. The molecule has 4 nitrogen and oxygen atoms in total. The minimum Gasteiger partial charge on any atom is -0.346 e.